The van der Waals surface area contributed by atoms with Gasteiger partial charge < -0.3 is 5.11 Å². The van der Waals surface area contributed by atoms with Crippen LogP contribution in [0, 0.1) is 0 Å². The molecule has 0 radical (unpaired) electrons. The molecule has 1 rings (SSSR count). The molecule has 7 heavy (non-hydrogen) atoms. The van der Waals surface area contributed by atoms with Crippen LogP contribution in [-0.4, -0.2) is 17.4 Å². The second-order valence-corrected chi connectivity index (χ2v) is 2.21. The van der Waals surface area contributed by atoms with E-state index < -0.39 is 12.3 Å². The fourth-order valence-electron chi connectivity index (χ4n) is 0.719. The van der Waals surface area contributed by atoms with Crippen molar-refractivity contribution in [3.8, 4) is 0 Å². The van der Waals surface area contributed by atoms with Crippen molar-refractivity contribution >= 4 is 0 Å². The molecule has 0 heterocycles. The second kappa shape index (κ2) is 1.44. The third-order valence-corrected chi connectivity index (χ3v) is 1.53. The van der Waals surface area contributed by atoms with E-state index in [-0.39, 0.29) is 0 Å². The SMILES string of the molecule is OC1(CF)CCC1. The van der Waals surface area contributed by atoms with Crippen molar-refractivity contribution in [2.45, 2.75) is 24.9 Å². The minimum absolute atomic E-state index is 0.562. The Morgan fingerprint density at radius 2 is 2.14 bits per heavy atom. The summed E-state index contributed by atoms with van der Waals surface area (Å²) < 4.78 is 11.6. The van der Waals surface area contributed by atoms with Crippen molar-refractivity contribution in [3.63, 3.8) is 0 Å². The average molecular weight is 104 g/mol. The van der Waals surface area contributed by atoms with Crippen LogP contribution in [0.2, 0.25) is 0 Å². The molecule has 0 amide bonds. The molecule has 0 aromatic carbocycles. The molecule has 0 aliphatic heterocycles. The minimum Gasteiger partial charge on any atom is -0.387 e. The molecular formula is C5H9FO. The zero-order valence-electron chi connectivity index (χ0n) is 4.15. The second-order valence-electron chi connectivity index (χ2n) is 2.21. The van der Waals surface area contributed by atoms with Crippen LogP contribution in [-0.2, 0) is 0 Å². The van der Waals surface area contributed by atoms with Gasteiger partial charge in [0, 0.05) is 0 Å². The smallest absolute Gasteiger partial charge is 0.118 e. The number of rotatable bonds is 1. The van der Waals surface area contributed by atoms with E-state index in [9.17, 15) is 4.39 Å². The number of hydrogen-bond donors (Lipinski definition) is 1. The van der Waals surface area contributed by atoms with E-state index in [4.69, 9.17) is 5.11 Å². The Balaban J connectivity index is 2.29. The number of alkyl halides is 1. The van der Waals surface area contributed by atoms with Crippen molar-refractivity contribution in [2.24, 2.45) is 0 Å². The first-order chi connectivity index (χ1) is 3.27. The van der Waals surface area contributed by atoms with Gasteiger partial charge in [-0.15, -0.1) is 0 Å². The van der Waals surface area contributed by atoms with Crippen LogP contribution in [0.4, 0.5) is 4.39 Å². The van der Waals surface area contributed by atoms with Crippen molar-refractivity contribution in [2.75, 3.05) is 6.67 Å². The summed E-state index contributed by atoms with van der Waals surface area (Å²) in [5.41, 5.74) is -0.903. The van der Waals surface area contributed by atoms with Gasteiger partial charge >= 0.3 is 0 Å². The van der Waals surface area contributed by atoms with Crippen molar-refractivity contribution in [1.82, 2.24) is 0 Å². The summed E-state index contributed by atoms with van der Waals surface area (Å²) in [5, 5.41) is 8.84. The highest BCUT2D eigenvalue weighted by Crippen LogP contribution is 2.31. The van der Waals surface area contributed by atoms with Crippen LogP contribution in [0.15, 0.2) is 0 Å². The lowest BCUT2D eigenvalue weighted by molar-refractivity contribution is -0.0514. The van der Waals surface area contributed by atoms with E-state index in [0.29, 0.717) is 12.8 Å². The maximum Gasteiger partial charge on any atom is 0.118 e. The number of hydrogen-bond acceptors (Lipinski definition) is 1. The van der Waals surface area contributed by atoms with Crippen LogP contribution >= 0.6 is 0 Å². The molecule has 2 heteroatoms. The van der Waals surface area contributed by atoms with Gasteiger partial charge in [-0.1, -0.05) is 0 Å². The van der Waals surface area contributed by atoms with Gasteiger partial charge in [-0.2, -0.15) is 0 Å². The minimum atomic E-state index is -0.903. The summed E-state index contributed by atoms with van der Waals surface area (Å²) in [6.07, 6.45) is 2.30. The van der Waals surface area contributed by atoms with Crippen molar-refractivity contribution in [1.29, 1.82) is 0 Å². The molecule has 0 unspecified atom stereocenters. The Labute approximate surface area is 42.2 Å². The Hall–Kier alpha value is -0.110. The normalized spacial score (nSPS) is 26.6. The molecule has 1 aliphatic rings. The highest BCUT2D eigenvalue weighted by Gasteiger charge is 2.33. The fraction of sp³-hybridized carbons (Fsp3) is 1.00. The van der Waals surface area contributed by atoms with Crippen molar-refractivity contribution in [3.05, 3.63) is 0 Å². The molecule has 0 bridgehead atoms. The highest BCUT2D eigenvalue weighted by molar-refractivity contribution is 4.86. The van der Waals surface area contributed by atoms with E-state index in [1.165, 1.54) is 0 Å². The molecule has 1 aliphatic carbocycles. The summed E-state index contributed by atoms with van der Waals surface area (Å²) in [6, 6.07) is 0. The fourth-order valence-corrected chi connectivity index (χ4v) is 0.719. The van der Waals surface area contributed by atoms with Gasteiger partial charge in [-0.05, 0) is 19.3 Å². The van der Waals surface area contributed by atoms with Crippen LogP contribution in [0.1, 0.15) is 19.3 Å². The van der Waals surface area contributed by atoms with E-state index in [1.54, 1.807) is 0 Å². The van der Waals surface area contributed by atoms with Gasteiger partial charge in [0.1, 0.15) is 6.67 Å². The molecule has 1 nitrogen and oxygen atoms in total. The molecule has 42 valence electrons. The highest BCUT2D eigenvalue weighted by atomic mass is 19.1. The van der Waals surface area contributed by atoms with Gasteiger partial charge in [0.2, 0.25) is 0 Å². The molecule has 0 saturated heterocycles. The van der Waals surface area contributed by atoms with E-state index in [1.807, 2.05) is 0 Å². The third kappa shape index (κ3) is 0.752. The predicted octanol–water partition coefficient (Wildman–Crippen LogP) is 0.871. The standard InChI is InChI=1S/C5H9FO/c6-4-5(7)2-1-3-5/h7H,1-4H2. The first kappa shape index (κ1) is 5.04. The van der Waals surface area contributed by atoms with E-state index >= 15 is 0 Å². The lowest BCUT2D eigenvalue weighted by atomic mass is 9.82. The molecule has 0 atom stereocenters. The maximum absolute atomic E-state index is 11.6. The maximum atomic E-state index is 11.6. The summed E-state index contributed by atoms with van der Waals surface area (Å²) in [4.78, 5) is 0. The Morgan fingerprint density at radius 3 is 2.14 bits per heavy atom. The van der Waals surface area contributed by atoms with Gasteiger partial charge in [-0.25, -0.2) is 4.39 Å². The summed E-state index contributed by atoms with van der Waals surface area (Å²) in [7, 11) is 0. The number of aliphatic hydroxyl groups is 1. The Kier molecular flexibility index (Phi) is 1.04. The van der Waals surface area contributed by atoms with Gasteiger partial charge in [0.25, 0.3) is 0 Å². The Morgan fingerprint density at radius 1 is 1.57 bits per heavy atom. The summed E-state index contributed by atoms with van der Waals surface area (Å²) >= 11 is 0. The zero-order chi connectivity index (χ0) is 5.33. The lowest BCUT2D eigenvalue weighted by Crippen LogP contribution is -2.38. The number of halogens is 1. The first-order valence-corrected chi connectivity index (χ1v) is 2.55. The van der Waals surface area contributed by atoms with Crippen LogP contribution in [0.3, 0.4) is 0 Å². The van der Waals surface area contributed by atoms with E-state index in [0.717, 1.165) is 6.42 Å². The van der Waals surface area contributed by atoms with Crippen LogP contribution in [0.25, 0.3) is 0 Å². The third-order valence-electron chi connectivity index (χ3n) is 1.53. The largest absolute Gasteiger partial charge is 0.387 e. The first-order valence-electron chi connectivity index (χ1n) is 2.55. The average Bonchev–Trinajstić information content (AvgIpc) is 1.61. The van der Waals surface area contributed by atoms with Gasteiger partial charge in [0.15, 0.2) is 0 Å². The van der Waals surface area contributed by atoms with Crippen LogP contribution in [0.5, 0.6) is 0 Å². The van der Waals surface area contributed by atoms with Crippen molar-refractivity contribution < 1.29 is 9.50 Å². The summed E-state index contributed by atoms with van der Waals surface area (Å²) in [5.74, 6) is 0. The quantitative estimate of drug-likeness (QED) is 0.523. The molecule has 1 N–H and O–H groups in total. The van der Waals surface area contributed by atoms with Crippen LogP contribution < -0.4 is 0 Å². The molecule has 0 aromatic rings. The van der Waals surface area contributed by atoms with E-state index in [2.05, 4.69) is 0 Å². The topological polar surface area (TPSA) is 20.2 Å². The Bertz CT molecular complexity index is 63.0. The van der Waals surface area contributed by atoms with Gasteiger partial charge in [0.05, 0.1) is 5.60 Å². The molecular weight excluding hydrogens is 95.1 g/mol. The summed E-state index contributed by atoms with van der Waals surface area (Å²) in [6.45, 7) is -0.562. The monoisotopic (exact) mass is 104 g/mol. The van der Waals surface area contributed by atoms with Gasteiger partial charge in [-0.3, -0.25) is 0 Å². The molecule has 1 saturated carbocycles. The zero-order valence-corrected chi connectivity index (χ0v) is 4.15. The molecule has 1 fully saturated rings. The lowest BCUT2D eigenvalue weighted by Gasteiger charge is -2.33. The predicted molar refractivity (Wildman–Crippen MR) is 24.8 cm³/mol. The molecule has 0 aromatic heterocycles. The molecule has 0 spiro atoms.